The van der Waals surface area contributed by atoms with Gasteiger partial charge in [-0.05, 0) is 30.3 Å². The molecule has 2 aromatic carbocycles. The van der Waals surface area contributed by atoms with Crippen LogP contribution in [0.1, 0.15) is 10.4 Å². The molecule has 2 rings (SSSR count). The minimum absolute atomic E-state index is 0.0499. The van der Waals surface area contributed by atoms with Gasteiger partial charge in [-0.1, -0.05) is 11.6 Å². The number of carbonyl (C=O) groups excluding carboxylic acids is 1. The maximum Gasteiger partial charge on any atom is 0.340 e. The Bertz CT molecular complexity index is 661. The Morgan fingerprint density at radius 1 is 1.20 bits per heavy atom. The normalized spacial score (nSPS) is 10.2. The highest BCUT2D eigenvalue weighted by molar-refractivity contribution is 6.30. The first-order valence-electron chi connectivity index (χ1n) is 5.62. The molecule has 0 aliphatic carbocycles. The van der Waals surface area contributed by atoms with Gasteiger partial charge in [-0.15, -0.1) is 0 Å². The molecule has 0 unspecified atom stereocenters. The Balaban J connectivity index is 2.29. The molecule has 104 valence electrons. The summed E-state index contributed by atoms with van der Waals surface area (Å²) in [5.74, 6) is -0.393. The lowest BCUT2D eigenvalue weighted by Crippen LogP contribution is -2.05. The molecule has 0 aliphatic rings. The monoisotopic (exact) mass is 295 g/mol. The molecule has 6 heteroatoms. The van der Waals surface area contributed by atoms with Crippen LogP contribution in [0.4, 0.5) is 10.1 Å². The minimum Gasteiger partial charge on any atom is -0.465 e. The molecular weight excluding hydrogens is 285 g/mol. The number of ether oxygens (including phenoxy) is 2. The molecule has 0 atom stereocenters. The van der Waals surface area contributed by atoms with Gasteiger partial charge in [-0.25, -0.2) is 9.18 Å². The molecule has 0 radical (unpaired) electrons. The largest absolute Gasteiger partial charge is 0.465 e. The van der Waals surface area contributed by atoms with Crippen LogP contribution in [0.2, 0.25) is 5.02 Å². The maximum absolute atomic E-state index is 13.0. The Labute approximate surface area is 119 Å². The summed E-state index contributed by atoms with van der Waals surface area (Å²) < 4.78 is 23.1. The SMILES string of the molecule is COC(=O)c1cc(Oc2ccc(F)c(Cl)c2)ccc1N. The van der Waals surface area contributed by atoms with Gasteiger partial charge < -0.3 is 15.2 Å². The second-order valence-electron chi connectivity index (χ2n) is 3.92. The van der Waals surface area contributed by atoms with Gasteiger partial charge in [0.05, 0.1) is 17.7 Å². The van der Waals surface area contributed by atoms with Crippen molar-refractivity contribution in [2.45, 2.75) is 0 Å². The first-order chi connectivity index (χ1) is 9.51. The van der Waals surface area contributed by atoms with Crippen LogP contribution >= 0.6 is 11.6 Å². The van der Waals surface area contributed by atoms with Gasteiger partial charge in [0.2, 0.25) is 0 Å². The minimum atomic E-state index is -0.565. The first kappa shape index (κ1) is 14.1. The van der Waals surface area contributed by atoms with Crippen molar-refractivity contribution in [1.29, 1.82) is 0 Å². The average Bonchev–Trinajstić information content (AvgIpc) is 2.44. The highest BCUT2D eigenvalue weighted by atomic mass is 35.5. The predicted octanol–water partition coefficient (Wildman–Crippen LogP) is 3.64. The van der Waals surface area contributed by atoms with Crippen molar-refractivity contribution in [3.05, 3.63) is 52.8 Å². The highest BCUT2D eigenvalue weighted by Gasteiger charge is 2.12. The number of hydrogen-bond donors (Lipinski definition) is 1. The second kappa shape index (κ2) is 5.79. The number of carbonyl (C=O) groups is 1. The van der Waals surface area contributed by atoms with Crippen molar-refractivity contribution in [2.24, 2.45) is 0 Å². The zero-order chi connectivity index (χ0) is 14.7. The number of benzene rings is 2. The van der Waals surface area contributed by atoms with E-state index in [0.29, 0.717) is 11.5 Å². The fourth-order valence-electron chi connectivity index (χ4n) is 1.56. The summed E-state index contributed by atoms with van der Waals surface area (Å²) in [4.78, 5) is 11.5. The summed E-state index contributed by atoms with van der Waals surface area (Å²) in [5, 5.41) is -0.0499. The van der Waals surface area contributed by atoms with E-state index in [1.54, 1.807) is 6.07 Å². The van der Waals surface area contributed by atoms with Gasteiger partial charge >= 0.3 is 5.97 Å². The molecule has 0 aromatic heterocycles. The summed E-state index contributed by atoms with van der Waals surface area (Å²) in [6.07, 6.45) is 0. The Hall–Kier alpha value is -2.27. The van der Waals surface area contributed by atoms with Crippen molar-refractivity contribution in [1.82, 2.24) is 0 Å². The molecule has 0 aliphatic heterocycles. The lowest BCUT2D eigenvalue weighted by Gasteiger charge is -2.09. The highest BCUT2D eigenvalue weighted by Crippen LogP contribution is 2.28. The molecule has 0 fully saturated rings. The molecule has 0 heterocycles. The van der Waals surface area contributed by atoms with E-state index in [2.05, 4.69) is 4.74 Å². The number of hydrogen-bond acceptors (Lipinski definition) is 4. The molecule has 0 amide bonds. The van der Waals surface area contributed by atoms with E-state index in [9.17, 15) is 9.18 Å². The third-order valence-electron chi connectivity index (χ3n) is 2.56. The third-order valence-corrected chi connectivity index (χ3v) is 2.85. The Morgan fingerprint density at radius 2 is 1.85 bits per heavy atom. The predicted molar refractivity (Wildman–Crippen MR) is 73.7 cm³/mol. The van der Waals surface area contributed by atoms with Crippen molar-refractivity contribution in [3.8, 4) is 11.5 Å². The molecule has 2 aromatic rings. The lowest BCUT2D eigenvalue weighted by atomic mass is 10.1. The summed E-state index contributed by atoms with van der Waals surface area (Å²) >= 11 is 5.66. The van der Waals surface area contributed by atoms with Crippen LogP contribution in [0.3, 0.4) is 0 Å². The zero-order valence-corrected chi connectivity index (χ0v) is 11.3. The smallest absolute Gasteiger partial charge is 0.340 e. The van der Waals surface area contributed by atoms with E-state index < -0.39 is 11.8 Å². The van der Waals surface area contributed by atoms with E-state index in [0.717, 1.165) is 0 Å². The van der Waals surface area contributed by atoms with Gasteiger partial charge in [-0.3, -0.25) is 0 Å². The molecule has 0 bridgehead atoms. The number of methoxy groups -OCH3 is 1. The first-order valence-corrected chi connectivity index (χ1v) is 6.00. The van der Waals surface area contributed by atoms with Gasteiger partial charge in [-0.2, -0.15) is 0 Å². The Morgan fingerprint density at radius 3 is 2.50 bits per heavy atom. The fourth-order valence-corrected chi connectivity index (χ4v) is 1.73. The third kappa shape index (κ3) is 3.00. The molecule has 2 N–H and O–H groups in total. The summed E-state index contributed by atoms with van der Waals surface area (Å²) in [7, 11) is 1.26. The lowest BCUT2D eigenvalue weighted by molar-refractivity contribution is 0.0601. The molecular formula is C14H11ClFNO3. The van der Waals surface area contributed by atoms with Crippen LogP contribution in [0.5, 0.6) is 11.5 Å². The number of nitrogens with two attached hydrogens (primary N) is 1. The summed E-state index contributed by atoms with van der Waals surface area (Å²) in [6.45, 7) is 0. The van der Waals surface area contributed by atoms with Gasteiger partial charge in [0.1, 0.15) is 17.3 Å². The summed E-state index contributed by atoms with van der Waals surface area (Å²) in [5.41, 5.74) is 6.15. The fraction of sp³-hybridized carbons (Fsp3) is 0.0714. The van der Waals surface area contributed by atoms with Gasteiger partial charge in [0.25, 0.3) is 0 Å². The van der Waals surface area contributed by atoms with Gasteiger partial charge in [0.15, 0.2) is 0 Å². The van der Waals surface area contributed by atoms with Crippen LogP contribution < -0.4 is 10.5 Å². The number of nitrogen functional groups attached to an aromatic ring is 1. The topological polar surface area (TPSA) is 61.5 Å². The van der Waals surface area contributed by atoms with E-state index in [4.69, 9.17) is 22.1 Å². The van der Waals surface area contributed by atoms with Crippen molar-refractivity contribution in [3.63, 3.8) is 0 Å². The molecule has 4 nitrogen and oxygen atoms in total. The molecule has 0 saturated carbocycles. The summed E-state index contributed by atoms with van der Waals surface area (Å²) in [6, 6.07) is 8.50. The number of esters is 1. The number of anilines is 1. The van der Waals surface area contributed by atoms with E-state index in [-0.39, 0.29) is 16.3 Å². The average molecular weight is 296 g/mol. The second-order valence-corrected chi connectivity index (χ2v) is 4.33. The van der Waals surface area contributed by atoms with Crippen molar-refractivity contribution in [2.75, 3.05) is 12.8 Å². The number of rotatable bonds is 3. The van der Waals surface area contributed by atoms with E-state index >= 15 is 0 Å². The quantitative estimate of drug-likeness (QED) is 0.693. The standard InChI is InChI=1S/C14H11ClFNO3/c1-19-14(18)10-6-8(3-5-13(10)17)20-9-2-4-12(16)11(15)7-9/h2-7H,17H2,1H3. The number of halogens is 2. The van der Waals surface area contributed by atoms with Crippen molar-refractivity contribution < 1.29 is 18.7 Å². The molecule has 0 spiro atoms. The van der Waals surface area contributed by atoms with Crippen LogP contribution in [0, 0.1) is 5.82 Å². The van der Waals surface area contributed by atoms with Crippen LogP contribution in [-0.2, 0) is 4.74 Å². The van der Waals surface area contributed by atoms with Crippen LogP contribution in [0.15, 0.2) is 36.4 Å². The Kier molecular flexibility index (Phi) is 4.10. The maximum atomic E-state index is 13.0. The van der Waals surface area contributed by atoms with E-state index in [1.165, 1.54) is 37.4 Å². The zero-order valence-electron chi connectivity index (χ0n) is 10.5. The molecule has 20 heavy (non-hydrogen) atoms. The molecule has 0 saturated heterocycles. The van der Waals surface area contributed by atoms with E-state index in [1.807, 2.05) is 0 Å². The van der Waals surface area contributed by atoms with Crippen LogP contribution in [-0.4, -0.2) is 13.1 Å². The van der Waals surface area contributed by atoms with Crippen molar-refractivity contribution >= 4 is 23.3 Å². The van der Waals surface area contributed by atoms with Crippen LogP contribution in [0.25, 0.3) is 0 Å². The van der Waals surface area contributed by atoms with Gasteiger partial charge in [0, 0.05) is 11.8 Å².